The molecule has 3 aromatic rings. The standard InChI is InChI=1S/C27H31N3O4/c1-29-14-10-19(17-29)4-3-13-30-15-11-20(24(18-30)27(32)33)5-8-26(31)22-9-12-28-25-7-6-21(34-2)16-23(22)25/h6-7,9-10,12,14,16-17,20,24,26,31H,5,8,11,13,15,18H2,1-2H3,(H,32,33)/t20-,24+,26?/m1/s1. The maximum Gasteiger partial charge on any atom is 0.308 e. The van der Waals surface area contributed by atoms with Gasteiger partial charge in [-0.3, -0.25) is 14.7 Å². The molecule has 0 amide bonds. The second-order valence-corrected chi connectivity index (χ2v) is 8.97. The molecule has 1 unspecified atom stereocenters. The number of carboxylic acids is 1. The lowest BCUT2D eigenvalue weighted by atomic mass is 9.81. The quantitative estimate of drug-likeness (QED) is 0.524. The average molecular weight is 462 g/mol. The third-order valence-electron chi connectivity index (χ3n) is 6.68. The number of pyridine rings is 1. The number of likely N-dealkylation sites (tertiary alicyclic amines) is 1. The Labute approximate surface area is 200 Å². The summed E-state index contributed by atoms with van der Waals surface area (Å²) in [6, 6.07) is 9.40. The summed E-state index contributed by atoms with van der Waals surface area (Å²) in [5.41, 5.74) is 2.55. The van der Waals surface area contributed by atoms with Gasteiger partial charge >= 0.3 is 5.97 Å². The van der Waals surface area contributed by atoms with Crippen LogP contribution in [0.25, 0.3) is 10.9 Å². The summed E-state index contributed by atoms with van der Waals surface area (Å²) in [6.45, 7) is 1.84. The summed E-state index contributed by atoms with van der Waals surface area (Å²) in [7, 11) is 3.57. The number of aliphatic hydroxyl groups is 1. The molecule has 7 heteroatoms. The number of benzene rings is 1. The van der Waals surface area contributed by atoms with Crippen LogP contribution in [0.2, 0.25) is 0 Å². The van der Waals surface area contributed by atoms with Crippen molar-refractivity contribution in [2.24, 2.45) is 18.9 Å². The van der Waals surface area contributed by atoms with Crippen LogP contribution in [0.5, 0.6) is 5.75 Å². The van der Waals surface area contributed by atoms with Gasteiger partial charge < -0.3 is 19.5 Å². The van der Waals surface area contributed by atoms with E-state index in [0.717, 1.165) is 35.0 Å². The predicted molar refractivity (Wildman–Crippen MR) is 130 cm³/mol. The Morgan fingerprint density at radius 2 is 2.18 bits per heavy atom. The van der Waals surface area contributed by atoms with E-state index in [1.807, 2.05) is 54.3 Å². The number of carboxylic acid groups (broad SMARTS) is 1. The van der Waals surface area contributed by atoms with Crippen LogP contribution in [-0.2, 0) is 11.8 Å². The van der Waals surface area contributed by atoms with Crippen molar-refractivity contribution in [3.63, 3.8) is 0 Å². The molecule has 2 aromatic heterocycles. The van der Waals surface area contributed by atoms with Gasteiger partial charge in [0.2, 0.25) is 0 Å². The zero-order valence-electron chi connectivity index (χ0n) is 19.6. The minimum atomic E-state index is -0.778. The minimum absolute atomic E-state index is 0.0214. The highest BCUT2D eigenvalue weighted by Crippen LogP contribution is 2.33. The van der Waals surface area contributed by atoms with Crippen molar-refractivity contribution in [2.45, 2.75) is 25.4 Å². The van der Waals surface area contributed by atoms with Crippen molar-refractivity contribution in [1.82, 2.24) is 14.5 Å². The van der Waals surface area contributed by atoms with Crippen LogP contribution in [0.4, 0.5) is 0 Å². The number of ether oxygens (including phenoxy) is 1. The highest BCUT2D eigenvalue weighted by molar-refractivity contribution is 5.83. The number of hydrogen-bond donors (Lipinski definition) is 2. The molecule has 34 heavy (non-hydrogen) atoms. The fourth-order valence-electron chi connectivity index (χ4n) is 4.76. The van der Waals surface area contributed by atoms with Gasteiger partial charge in [-0.15, -0.1) is 0 Å². The molecule has 1 aliphatic rings. The Morgan fingerprint density at radius 3 is 2.91 bits per heavy atom. The number of piperidine rings is 1. The molecule has 0 spiro atoms. The maximum atomic E-state index is 12.0. The van der Waals surface area contributed by atoms with Crippen molar-refractivity contribution >= 4 is 16.9 Å². The van der Waals surface area contributed by atoms with E-state index in [0.29, 0.717) is 31.7 Å². The van der Waals surface area contributed by atoms with Crippen molar-refractivity contribution < 1.29 is 19.7 Å². The zero-order valence-corrected chi connectivity index (χ0v) is 19.6. The van der Waals surface area contributed by atoms with Crippen LogP contribution >= 0.6 is 0 Å². The number of nitrogens with zero attached hydrogens (tertiary/aromatic N) is 3. The molecule has 0 bridgehead atoms. The number of aliphatic hydroxyl groups excluding tert-OH is 1. The second-order valence-electron chi connectivity index (χ2n) is 8.97. The summed E-state index contributed by atoms with van der Waals surface area (Å²) in [5, 5.41) is 21.7. The van der Waals surface area contributed by atoms with Gasteiger partial charge in [-0.1, -0.05) is 11.8 Å². The first-order valence-corrected chi connectivity index (χ1v) is 11.6. The number of aliphatic carboxylic acids is 1. The minimum Gasteiger partial charge on any atom is -0.497 e. The monoisotopic (exact) mass is 461 g/mol. The number of aryl methyl sites for hydroxylation is 1. The van der Waals surface area contributed by atoms with E-state index in [9.17, 15) is 15.0 Å². The van der Waals surface area contributed by atoms with Crippen molar-refractivity contribution in [2.75, 3.05) is 26.7 Å². The Bertz CT molecular complexity index is 1210. The van der Waals surface area contributed by atoms with Crippen molar-refractivity contribution in [1.29, 1.82) is 0 Å². The van der Waals surface area contributed by atoms with E-state index < -0.39 is 18.0 Å². The van der Waals surface area contributed by atoms with Gasteiger partial charge in [0.1, 0.15) is 5.75 Å². The molecular formula is C27H31N3O4. The highest BCUT2D eigenvalue weighted by atomic mass is 16.5. The highest BCUT2D eigenvalue weighted by Gasteiger charge is 2.34. The number of aromatic nitrogens is 2. The normalized spacial score (nSPS) is 19.4. The first-order valence-electron chi connectivity index (χ1n) is 11.6. The van der Waals surface area contributed by atoms with Crippen LogP contribution in [0, 0.1) is 23.7 Å². The Balaban J connectivity index is 1.38. The molecule has 1 saturated heterocycles. The van der Waals surface area contributed by atoms with Crippen LogP contribution in [0.15, 0.2) is 48.9 Å². The van der Waals surface area contributed by atoms with E-state index >= 15 is 0 Å². The summed E-state index contributed by atoms with van der Waals surface area (Å²) < 4.78 is 7.28. The molecule has 7 nitrogen and oxygen atoms in total. The van der Waals surface area contributed by atoms with E-state index in [1.54, 1.807) is 13.3 Å². The number of methoxy groups -OCH3 is 1. The first kappa shape index (κ1) is 23.8. The molecule has 0 radical (unpaired) electrons. The van der Waals surface area contributed by atoms with Crippen LogP contribution in [-0.4, -0.2) is 57.4 Å². The molecule has 0 aliphatic carbocycles. The first-order chi connectivity index (χ1) is 16.4. The van der Waals surface area contributed by atoms with Crippen LogP contribution in [0.1, 0.15) is 36.5 Å². The van der Waals surface area contributed by atoms with E-state index in [1.165, 1.54) is 0 Å². The molecule has 1 fully saturated rings. The number of rotatable bonds is 7. The number of hydrogen-bond acceptors (Lipinski definition) is 5. The Kier molecular flexibility index (Phi) is 7.51. The van der Waals surface area contributed by atoms with E-state index in [2.05, 4.69) is 21.7 Å². The second kappa shape index (κ2) is 10.7. The molecule has 3 heterocycles. The van der Waals surface area contributed by atoms with Gasteiger partial charge in [0, 0.05) is 43.1 Å². The van der Waals surface area contributed by atoms with Crippen molar-refractivity contribution in [3.8, 4) is 17.6 Å². The predicted octanol–water partition coefficient (Wildman–Crippen LogP) is 3.47. The lowest BCUT2D eigenvalue weighted by Crippen LogP contribution is -2.44. The summed E-state index contributed by atoms with van der Waals surface area (Å²) >= 11 is 0. The SMILES string of the molecule is COc1ccc2nccc(C(O)CC[C@@H]3CCN(CC#Cc4ccn(C)c4)C[C@@H]3C(=O)O)c2c1. The largest absolute Gasteiger partial charge is 0.497 e. The van der Waals surface area contributed by atoms with Crippen LogP contribution in [0.3, 0.4) is 0 Å². The van der Waals surface area contributed by atoms with Gasteiger partial charge in [0.15, 0.2) is 0 Å². The van der Waals surface area contributed by atoms with Gasteiger partial charge in [-0.05, 0) is 67.6 Å². The molecule has 3 atom stereocenters. The topological polar surface area (TPSA) is 87.8 Å². The summed E-state index contributed by atoms with van der Waals surface area (Å²) in [5.74, 6) is 5.80. The lowest BCUT2D eigenvalue weighted by Gasteiger charge is -2.36. The number of carbonyl (C=O) groups is 1. The third-order valence-corrected chi connectivity index (χ3v) is 6.68. The smallest absolute Gasteiger partial charge is 0.308 e. The molecule has 1 aliphatic heterocycles. The average Bonchev–Trinajstić information content (AvgIpc) is 3.26. The molecule has 1 aromatic carbocycles. The Hall–Kier alpha value is -3.34. The molecular weight excluding hydrogens is 430 g/mol. The lowest BCUT2D eigenvalue weighted by molar-refractivity contribution is -0.146. The molecule has 178 valence electrons. The fourth-order valence-corrected chi connectivity index (χ4v) is 4.76. The number of fused-ring (bicyclic) bond motifs is 1. The Morgan fingerprint density at radius 1 is 1.32 bits per heavy atom. The van der Waals surface area contributed by atoms with Gasteiger partial charge in [-0.2, -0.15) is 0 Å². The molecule has 0 saturated carbocycles. The van der Waals surface area contributed by atoms with Crippen molar-refractivity contribution in [3.05, 3.63) is 60.0 Å². The third kappa shape index (κ3) is 5.58. The molecule has 4 rings (SSSR count). The molecule has 2 N–H and O–H groups in total. The zero-order chi connectivity index (χ0) is 24.1. The fraction of sp³-hybridized carbons (Fsp3) is 0.407. The van der Waals surface area contributed by atoms with Crippen LogP contribution < -0.4 is 4.74 Å². The van der Waals surface area contributed by atoms with E-state index in [4.69, 9.17) is 4.74 Å². The maximum absolute atomic E-state index is 12.0. The van der Waals surface area contributed by atoms with E-state index in [-0.39, 0.29) is 5.92 Å². The van der Waals surface area contributed by atoms with Gasteiger partial charge in [0.05, 0.1) is 31.2 Å². The van der Waals surface area contributed by atoms with Gasteiger partial charge in [0.25, 0.3) is 0 Å². The summed E-state index contributed by atoms with van der Waals surface area (Å²) in [6.07, 6.45) is 6.85. The summed E-state index contributed by atoms with van der Waals surface area (Å²) in [4.78, 5) is 18.5. The van der Waals surface area contributed by atoms with Gasteiger partial charge in [-0.25, -0.2) is 0 Å².